The highest BCUT2D eigenvalue weighted by molar-refractivity contribution is 7.47. The molecule has 4 rings (SSSR count). The SMILES string of the molecule is CCCC[N+](CCCC)(CCCC)CCCC.Nc1nc2c(ncn2[C@@H]2O[C@@H]3COP(=O)(O)O[C@@H]3C2O)c(=O)[nH]1.[OH-]. The van der Waals surface area contributed by atoms with E-state index >= 15 is 0 Å². The zero-order chi connectivity index (χ0) is 29.3. The summed E-state index contributed by atoms with van der Waals surface area (Å²) >= 11 is 0. The molecule has 0 amide bonds. The molecule has 0 radical (unpaired) electrons. The molecule has 15 heteroatoms. The van der Waals surface area contributed by atoms with E-state index in [1.807, 2.05) is 0 Å². The van der Waals surface area contributed by atoms with Gasteiger partial charge in [0.15, 0.2) is 17.4 Å². The Bertz CT molecular complexity index is 1140. The Morgan fingerprint density at radius 2 is 1.61 bits per heavy atom. The van der Waals surface area contributed by atoms with Gasteiger partial charge in [-0.3, -0.25) is 23.4 Å². The number of H-pyrrole nitrogens is 1. The molecule has 0 aliphatic carbocycles. The largest absolute Gasteiger partial charge is 0.870 e. The molecule has 2 saturated heterocycles. The van der Waals surface area contributed by atoms with Crippen LogP contribution >= 0.6 is 7.82 Å². The van der Waals surface area contributed by atoms with E-state index in [2.05, 4.69) is 47.2 Å². The number of hydrogen-bond donors (Lipinski definition) is 4. The molecule has 2 fully saturated rings. The van der Waals surface area contributed by atoms with Gasteiger partial charge in [0.25, 0.3) is 5.56 Å². The van der Waals surface area contributed by atoms with E-state index in [0.717, 1.165) is 0 Å². The lowest BCUT2D eigenvalue weighted by atomic mass is 10.1. The number of nitrogen functional groups attached to an aromatic ring is 1. The Kier molecular flexibility index (Phi) is 13.8. The standard InChI is InChI=1S/C16H36N.C10H12N5O7P.H2O/c1-5-9-13-17(14-10-6-2,15-11-7-3)16-12-8-4;11-10-13-7-4(8(17)14-10)12-2-15(7)9-5(16)6-3(21-9)1-20-23(18,19)22-6;/h5-16H2,1-4H3;2-3,5-6,9,16H,1H2,(H,18,19)(H3,11,13,14,17);1H2/q+1;;/p-1/t;3-,5?,6+,9-;/m.1./s1. The number of unbranched alkanes of at least 4 members (excludes halogenated alkanes) is 4. The van der Waals surface area contributed by atoms with Crippen LogP contribution in [0.1, 0.15) is 85.3 Å². The lowest BCUT2D eigenvalue weighted by molar-refractivity contribution is -0.929. The van der Waals surface area contributed by atoms with Gasteiger partial charge in [-0.2, -0.15) is 4.98 Å². The third-order valence-corrected chi connectivity index (χ3v) is 8.62. The molecule has 2 aromatic rings. The van der Waals surface area contributed by atoms with Crippen molar-refractivity contribution in [1.82, 2.24) is 19.5 Å². The highest BCUT2D eigenvalue weighted by Crippen LogP contribution is 2.52. The molecule has 2 unspecified atom stereocenters. The summed E-state index contributed by atoms with van der Waals surface area (Å²) in [5.74, 6) is -0.117. The molecule has 236 valence electrons. The van der Waals surface area contributed by atoms with Crippen molar-refractivity contribution in [3.05, 3.63) is 16.7 Å². The Labute approximate surface area is 241 Å². The fraction of sp³-hybridized carbons (Fsp3) is 0.808. The molecule has 6 N–H and O–H groups in total. The van der Waals surface area contributed by atoms with Crippen molar-refractivity contribution in [1.29, 1.82) is 0 Å². The third kappa shape index (κ3) is 9.04. The first-order valence-electron chi connectivity index (χ1n) is 14.7. The zero-order valence-electron chi connectivity index (χ0n) is 24.8. The monoisotopic (exact) mass is 604 g/mol. The van der Waals surface area contributed by atoms with Crippen LogP contribution in [0.3, 0.4) is 0 Å². The second-order valence-corrected chi connectivity index (χ2v) is 12.2. The van der Waals surface area contributed by atoms with Crippen LogP contribution in [0.25, 0.3) is 11.2 Å². The van der Waals surface area contributed by atoms with Crippen molar-refractivity contribution in [2.24, 2.45) is 0 Å². The summed E-state index contributed by atoms with van der Waals surface area (Å²) in [6.45, 7) is 14.8. The number of nitrogens with one attached hydrogen (secondary N) is 1. The highest BCUT2D eigenvalue weighted by atomic mass is 31.2. The van der Waals surface area contributed by atoms with Crippen molar-refractivity contribution in [3.63, 3.8) is 0 Å². The molecule has 0 spiro atoms. The Hall–Kier alpha value is -1.90. The molecule has 14 nitrogen and oxygen atoms in total. The van der Waals surface area contributed by atoms with Crippen LogP contribution in [0.2, 0.25) is 0 Å². The lowest BCUT2D eigenvalue weighted by Crippen LogP contribution is -2.50. The maximum absolute atomic E-state index is 11.8. The number of aliphatic hydroxyl groups is 1. The van der Waals surface area contributed by atoms with E-state index in [1.54, 1.807) is 0 Å². The minimum absolute atomic E-state index is 0. The molecule has 4 heterocycles. The average molecular weight is 605 g/mol. The molecule has 0 aromatic carbocycles. The number of hydrogen-bond acceptors (Lipinski definition) is 10. The number of aliphatic hydroxyl groups excluding tert-OH is 1. The molecule has 41 heavy (non-hydrogen) atoms. The van der Waals surface area contributed by atoms with Crippen molar-refractivity contribution in [2.45, 2.75) is 104 Å². The second-order valence-electron chi connectivity index (χ2n) is 10.8. The van der Waals surface area contributed by atoms with Gasteiger partial charge in [0.1, 0.15) is 18.3 Å². The first-order valence-corrected chi connectivity index (χ1v) is 16.2. The summed E-state index contributed by atoms with van der Waals surface area (Å²) in [5, 5.41) is 10.4. The number of ether oxygens (including phenoxy) is 1. The van der Waals surface area contributed by atoms with Gasteiger partial charge in [0, 0.05) is 0 Å². The fourth-order valence-electron chi connectivity index (χ4n) is 5.34. The number of anilines is 1. The number of fused-ring (bicyclic) bond motifs is 2. The van der Waals surface area contributed by atoms with E-state index in [0.29, 0.717) is 0 Å². The maximum Gasteiger partial charge on any atom is 0.472 e. The topological polar surface area (TPSA) is 205 Å². The molecule has 0 saturated carbocycles. The molecule has 0 bridgehead atoms. The maximum atomic E-state index is 11.8. The van der Waals surface area contributed by atoms with E-state index in [1.165, 1.54) is 92.9 Å². The molecular weight excluding hydrogens is 555 g/mol. The normalized spacial score (nSPS) is 25.8. The predicted octanol–water partition coefficient (Wildman–Crippen LogP) is 3.30. The quantitative estimate of drug-likeness (QED) is 0.193. The molecule has 2 aliphatic rings. The molecule has 2 aliphatic heterocycles. The van der Waals surface area contributed by atoms with Crippen LogP contribution < -0.4 is 11.3 Å². The third-order valence-electron chi connectivity index (χ3n) is 7.64. The number of aromatic amines is 1. The lowest BCUT2D eigenvalue weighted by Gasteiger charge is -2.39. The van der Waals surface area contributed by atoms with Crippen molar-refractivity contribution in [2.75, 3.05) is 38.5 Å². The first kappa shape index (κ1) is 35.3. The summed E-state index contributed by atoms with van der Waals surface area (Å²) in [6.07, 6.45) is 8.21. The smallest absolute Gasteiger partial charge is 0.472 e. The van der Waals surface area contributed by atoms with Crippen LogP contribution in [0.15, 0.2) is 11.1 Å². The Morgan fingerprint density at radius 1 is 1.07 bits per heavy atom. The number of phosphoric acid groups is 1. The first-order chi connectivity index (χ1) is 19.1. The van der Waals surface area contributed by atoms with Crippen LogP contribution in [0, 0.1) is 0 Å². The van der Waals surface area contributed by atoms with E-state index in [4.69, 9.17) is 15.0 Å². The molecule has 5 atom stereocenters. The zero-order valence-corrected chi connectivity index (χ0v) is 25.7. The number of nitrogens with two attached hydrogens (primary N) is 1. The number of phosphoric ester groups is 1. The number of rotatable bonds is 13. The Morgan fingerprint density at radius 3 is 2.12 bits per heavy atom. The summed E-state index contributed by atoms with van der Waals surface area (Å²) in [4.78, 5) is 31.3. The number of imidazole rings is 1. The van der Waals surface area contributed by atoms with Gasteiger partial charge in [-0.1, -0.05) is 53.4 Å². The van der Waals surface area contributed by atoms with E-state index in [9.17, 15) is 19.4 Å². The van der Waals surface area contributed by atoms with Gasteiger partial charge in [-0.25, -0.2) is 9.55 Å². The second kappa shape index (κ2) is 16.1. The van der Waals surface area contributed by atoms with Gasteiger partial charge in [0.05, 0.1) is 39.1 Å². The fourth-order valence-corrected chi connectivity index (χ4v) is 6.30. The minimum Gasteiger partial charge on any atom is -0.870 e. The van der Waals surface area contributed by atoms with E-state index in [-0.39, 0.29) is 29.2 Å². The molecule has 2 aromatic heterocycles. The van der Waals surface area contributed by atoms with Gasteiger partial charge >= 0.3 is 7.82 Å². The van der Waals surface area contributed by atoms with E-state index < -0.39 is 37.9 Å². The van der Waals surface area contributed by atoms with Gasteiger partial charge in [-0.15, -0.1) is 0 Å². The summed E-state index contributed by atoms with van der Waals surface area (Å²) < 4.78 is 29.3. The van der Waals surface area contributed by atoms with Crippen LogP contribution in [-0.2, 0) is 18.3 Å². The minimum atomic E-state index is -4.22. The molecular formula is C26H49N6O8P. The summed E-state index contributed by atoms with van der Waals surface area (Å²) in [5.41, 5.74) is 5.12. The number of quaternary nitrogens is 1. The van der Waals surface area contributed by atoms with Crippen molar-refractivity contribution < 1.29 is 38.3 Å². The van der Waals surface area contributed by atoms with Gasteiger partial charge in [0.2, 0.25) is 5.95 Å². The summed E-state index contributed by atoms with van der Waals surface area (Å²) in [6, 6.07) is 0. The Balaban J connectivity index is 0.000000296. The number of nitrogens with zero attached hydrogens (tertiary/aromatic N) is 4. The number of aromatic nitrogens is 4. The average Bonchev–Trinajstić information content (AvgIpc) is 3.48. The van der Waals surface area contributed by atoms with Crippen LogP contribution in [0.4, 0.5) is 5.95 Å². The van der Waals surface area contributed by atoms with Crippen LogP contribution in [-0.4, -0.2) is 90.6 Å². The summed E-state index contributed by atoms with van der Waals surface area (Å²) in [7, 11) is -4.22. The van der Waals surface area contributed by atoms with Crippen molar-refractivity contribution >= 4 is 24.9 Å². The van der Waals surface area contributed by atoms with Crippen molar-refractivity contribution in [3.8, 4) is 0 Å². The van der Waals surface area contributed by atoms with Gasteiger partial charge < -0.3 is 30.4 Å². The van der Waals surface area contributed by atoms with Gasteiger partial charge in [-0.05, 0) is 25.7 Å². The van der Waals surface area contributed by atoms with Crippen LogP contribution in [0.5, 0.6) is 0 Å². The predicted molar refractivity (Wildman–Crippen MR) is 154 cm³/mol. The highest BCUT2D eigenvalue weighted by Gasteiger charge is 2.52.